The Kier molecular flexibility index (Phi) is 27.7. The van der Waals surface area contributed by atoms with Crippen LogP contribution in [-0.2, 0) is 14.3 Å². The zero-order chi connectivity index (χ0) is 37.9. The Morgan fingerprint density at radius 1 is 0.784 bits per heavy atom. The third kappa shape index (κ3) is 21.0. The maximum Gasteiger partial charge on any atom is 0.253 e. The van der Waals surface area contributed by atoms with Gasteiger partial charge in [-0.05, 0) is 51.4 Å². The van der Waals surface area contributed by atoms with Gasteiger partial charge in [-0.25, -0.2) is 0 Å². The van der Waals surface area contributed by atoms with Gasteiger partial charge in [-0.3, -0.25) is 4.79 Å². The average molecular weight is 726 g/mol. The van der Waals surface area contributed by atoms with Crippen molar-refractivity contribution in [1.29, 1.82) is 0 Å². The largest absolute Gasteiger partial charge is 0.394 e. The minimum atomic E-state index is -1.63. The van der Waals surface area contributed by atoms with Crippen molar-refractivity contribution < 1.29 is 44.9 Å². The lowest BCUT2D eigenvalue weighted by Crippen LogP contribution is -2.60. The second-order valence-corrected chi connectivity index (χ2v) is 14.5. The van der Waals surface area contributed by atoms with Crippen molar-refractivity contribution in [3.05, 3.63) is 36.0 Å². The van der Waals surface area contributed by atoms with Gasteiger partial charge in [-0.2, -0.15) is 0 Å². The minimum Gasteiger partial charge on any atom is -0.394 e. The number of aliphatic hydroxyl groups is 6. The topological polar surface area (TPSA) is 169 Å². The first-order valence-electron chi connectivity index (χ1n) is 20.2. The molecule has 1 saturated heterocycles. The highest BCUT2D eigenvalue weighted by atomic mass is 16.7. The molecule has 0 spiro atoms. The van der Waals surface area contributed by atoms with Gasteiger partial charge in [0.1, 0.15) is 24.4 Å². The van der Waals surface area contributed by atoms with Gasteiger partial charge in [-0.15, -0.1) is 0 Å². The Hall–Kier alpha value is -1.63. The molecule has 1 fully saturated rings. The summed E-state index contributed by atoms with van der Waals surface area (Å²) in [5.41, 5.74) is 1.40. The van der Waals surface area contributed by atoms with Gasteiger partial charge in [0.25, 0.3) is 5.91 Å². The number of nitrogens with one attached hydrogen (secondary N) is 1. The molecule has 51 heavy (non-hydrogen) atoms. The Bertz CT molecular complexity index is 955. The molecule has 7 N–H and O–H groups in total. The van der Waals surface area contributed by atoms with Gasteiger partial charge in [0, 0.05) is 0 Å². The zero-order valence-electron chi connectivity index (χ0n) is 32.3. The van der Waals surface area contributed by atoms with Crippen LogP contribution in [0.1, 0.15) is 150 Å². The highest BCUT2D eigenvalue weighted by Gasteiger charge is 2.44. The van der Waals surface area contributed by atoms with Crippen molar-refractivity contribution in [3.8, 4) is 0 Å². The number of aliphatic hydroxyl groups excluding tert-OH is 6. The maximum atomic E-state index is 13.0. The molecule has 1 heterocycles. The van der Waals surface area contributed by atoms with E-state index in [0.717, 1.165) is 44.9 Å². The van der Waals surface area contributed by atoms with Crippen LogP contribution in [0.3, 0.4) is 0 Å². The molecule has 0 bridgehead atoms. The van der Waals surface area contributed by atoms with Gasteiger partial charge in [0.15, 0.2) is 12.4 Å². The first-order valence-corrected chi connectivity index (χ1v) is 20.2. The van der Waals surface area contributed by atoms with E-state index in [4.69, 9.17) is 9.47 Å². The van der Waals surface area contributed by atoms with E-state index in [9.17, 15) is 35.4 Å². The van der Waals surface area contributed by atoms with Crippen LogP contribution in [0, 0.1) is 5.92 Å². The maximum absolute atomic E-state index is 13.0. The molecule has 298 valence electrons. The molecule has 1 amide bonds. The zero-order valence-corrected chi connectivity index (χ0v) is 32.3. The number of carbonyl (C=O) groups is 1. The first kappa shape index (κ1) is 47.4. The van der Waals surface area contributed by atoms with Crippen LogP contribution in [0.15, 0.2) is 36.0 Å². The highest BCUT2D eigenvalue weighted by molar-refractivity contribution is 5.82. The van der Waals surface area contributed by atoms with Crippen LogP contribution in [0.2, 0.25) is 0 Å². The monoisotopic (exact) mass is 726 g/mol. The number of amides is 1. The van der Waals surface area contributed by atoms with Gasteiger partial charge >= 0.3 is 0 Å². The molecule has 9 atom stereocenters. The molecule has 1 aliphatic heterocycles. The Morgan fingerprint density at radius 2 is 1.39 bits per heavy atom. The molecule has 10 nitrogen and oxygen atoms in total. The van der Waals surface area contributed by atoms with E-state index in [1.807, 2.05) is 6.08 Å². The second kappa shape index (κ2) is 29.8. The predicted molar refractivity (Wildman–Crippen MR) is 204 cm³/mol. The summed E-state index contributed by atoms with van der Waals surface area (Å²) in [4.78, 5) is 13.0. The molecule has 0 aromatic carbocycles. The lowest BCUT2D eigenvalue weighted by atomic mass is 9.95. The Morgan fingerprint density at radius 3 is 2.00 bits per heavy atom. The summed E-state index contributed by atoms with van der Waals surface area (Å²) in [6.45, 7) is 7.81. The van der Waals surface area contributed by atoms with Crippen molar-refractivity contribution in [2.24, 2.45) is 5.92 Å². The van der Waals surface area contributed by atoms with Crippen LogP contribution < -0.4 is 5.32 Å². The Labute approximate surface area is 309 Å². The third-order valence-electron chi connectivity index (χ3n) is 9.94. The molecule has 0 unspecified atom stereocenters. The van der Waals surface area contributed by atoms with E-state index in [-0.39, 0.29) is 6.61 Å². The van der Waals surface area contributed by atoms with Crippen LogP contribution in [0.5, 0.6) is 0 Å². The smallest absolute Gasteiger partial charge is 0.253 e. The lowest BCUT2D eigenvalue weighted by Gasteiger charge is -2.40. The van der Waals surface area contributed by atoms with Gasteiger partial charge in [0.05, 0.1) is 25.4 Å². The summed E-state index contributed by atoms with van der Waals surface area (Å²) in [6, 6.07) is -1.03. The number of hydrogen-bond acceptors (Lipinski definition) is 9. The number of unbranched alkanes of at least 4 members (excludes halogenated alkanes) is 13. The Balaban J connectivity index is 2.75. The normalized spacial score (nSPS) is 23.9. The van der Waals surface area contributed by atoms with E-state index in [1.54, 1.807) is 12.2 Å². The number of carbonyl (C=O) groups excluding carboxylic acids is 1. The summed E-state index contributed by atoms with van der Waals surface area (Å²) >= 11 is 0. The quantitative estimate of drug-likeness (QED) is 0.0339. The van der Waals surface area contributed by atoms with Crippen molar-refractivity contribution >= 4 is 5.91 Å². The lowest BCUT2D eigenvalue weighted by molar-refractivity contribution is -0.302. The fourth-order valence-corrected chi connectivity index (χ4v) is 6.23. The van der Waals surface area contributed by atoms with Crippen LogP contribution in [-0.4, -0.2) is 98.7 Å². The molecule has 10 heteroatoms. The summed E-state index contributed by atoms with van der Waals surface area (Å²) in [6.07, 6.45) is 20.8. The summed E-state index contributed by atoms with van der Waals surface area (Å²) in [5.74, 6) is -0.324. The number of ether oxygens (including phenoxy) is 2. The van der Waals surface area contributed by atoms with Crippen LogP contribution >= 0.6 is 0 Å². The molecule has 0 saturated carbocycles. The molecular weight excluding hydrogens is 650 g/mol. The van der Waals surface area contributed by atoms with Crippen molar-refractivity contribution in [2.75, 3.05) is 13.2 Å². The molecular formula is C41H75NO9. The second-order valence-electron chi connectivity index (χ2n) is 14.5. The van der Waals surface area contributed by atoms with E-state index in [2.05, 4.69) is 39.1 Å². The molecule has 1 rings (SSSR count). The summed E-state index contributed by atoms with van der Waals surface area (Å²) in [7, 11) is 0. The summed E-state index contributed by atoms with van der Waals surface area (Å²) < 4.78 is 11.1. The van der Waals surface area contributed by atoms with E-state index >= 15 is 0 Å². The molecule has 0 aliphatic carbocycles. The van der Waals surface area contributed by atoms with Crippen molar-refractivity contribution in [2.45, 2.75) is 199 Å². The van der Waals surface area contributed by atoms with E-state index < -0.39 is 61.5 Å². The van der Waals surface area contributed by atoms with E-state index in [1.165, 1.54) is 88.7 Å². The average Bonchev–Trinajstić information content (AvgIpc) is 3.13. The molecule has 0 aromatic heterocycles. The van der Waals surface area contributed by atoms with Gasteiger partial charge in [0.2, 0.25) is 0 Å². The van der Waals surface area contributed by atoms with E-state index in [0.29, 0.717) is 5.92 Å². The molecule has 0 radical (unpaired) electrons. The summed E-state index contributed by atoms with van der Waals surface area (Å²) in [5, 5.41) is 64.6. The minimum absolute atomic E-state index is 0.341. The van der Waals surface area contributed by atoms with Crippen LogP contribution in [0.25, 0.3) is 0 Å². The standard InChI is InChI=1S/C41H75NO9/c1-5-8-10-12-13-14-15-16-17-18-19-21-25-35(45)40(49)42-33(30-50-41-39(48)38(47)37(46)36(29-43)51-41)34(44)26-22-24-32(7-3)28-27-31(4)23-20-11-9-6-2/h21-22,25-27,32-39,41,43-48H,5-20,23-24,28-30H2,1-4H3,(H,42,49)/b25-21+,26-22+,31-27+/t32-,33+,34-,35-,36+,37+,38-,39+,41+/m0/s1. The molecule has 1 aliphatic rings. The van der Waals surface area contributed by atoms with Crippen molar-refractivity contribution in [3.63, 3.8) is 0 Å². The first-order chi connectivity index (χ1) is 24.6. The fraction of sp³-hybridized carbons (Fsp3) is 0.829. The van der Waals surface area contributed by atoms with Crippen LogP contribution in [0.4, 0.5) is 0 Å². The number of rotatable bonds is 30. The number of hydrogen-bond donors (Lipinski definition) is 7. The highest BCUT2D eigenvalue weighted by Crippen LogP contribution is 2.23. The fourth-order valence-electron chi connectivity index (χ4n) is 6.23. The third-order valence-corrected chi connectivity index (χ3v) is 9.94. The molecule has 0 aromatic rings. The van der Waals surface area contributed by atoms with Gasteiger partial charge in [-0.1, -0.05) is 140 Å². The predicted octanol–water partition coefficient (Wildman–Crippen LogP) is 6.16. The van der Waals surface area contributed by atoms with Crippen molar-refractivity contribution in [1.82, 2.24) is 5.32 Å². The SMILES string of the molecule is CCCCCCCCCCCC/C=C/[C@H](O)C(=O)N[C@H](CO[C@@H]1O[C@H](CO)[C@@H](O)[C@H](O)[C@H]1O)[C@@H](O)/C=C/C[C@H](CC)C/C=C(\C)CCCCCC. The number of allylic oxidation sites excluding steroid dienone is 4. The van der Waals surface area contributed by atoms with Gasteiger partial charge < -0.3 is 45.4 Å².